The molecule has 0 unspecified atom stereocenters. The number of hydrogen-bond acceptors (Lipinski definition) is 6. The van der Waals surface area contributed by atoms with E-state index < -0.39 is 0 Å². The topological polar surface area (TPSA) is 75.4 Å². The molecule has 0 atom stereocenters. The predicted molar refractivity (Wildman–Crippen MR) is 93.0 cm³/mol. The van der Waals surface area contributed by atoms with Gasteiger partial charge in [0.15, 0.2) is 5.13 Å². The minimum absolute atomic E-state index is 0.201. The number of hydrogen-bond donors (Lipinski definition) is 1. The molecule has 3 heterocycles. The SMILES string of the molecule is CC(=O)Nc1nc(C(=O)N(Cc2ccco2)Cc2cccs2)cs1. The fourth-order valence-corrected chi connectivity index (χ4v) is 3.57. The summed E-state index contributed by atoms with van der Waals surface area (Å²) < 4.78 is 5.36. The van der Waals surface area contributed by atoms with Crippen LogP contribution in [0.5, 0.6) is 0 Å². The molecule has 0 bridgehead atoms. The lowest BCUT2D eigenvalue weighted by atomic mass is 10.3. The lowest BCUT2D eigenvalue weighted by Gasteiger charge is -2.20. The van der Waals surface area contributed by atoms with Gasteiger partial charge in [-0.1, -0.05) is 6.07 Å². The number of carbonyl (C=O) groups is 2. The average molecular weight is 361 g/mol. The van der Waals surface area contributed by atoms with E-state index in [1.54, 1.807) is 33.9 Å². The lowest BCUT2D eigenvalue weighted by Crippen LogP contribution is -2.30. The molecule has 1 N–H and O–H groups in total. The van der Waals surface area contributed by atoms with Crippen LogP contribution in [0.25, 0.3) is 0 Å². The third kappa shape index (κ3) is 4.09. The third-order valence-corrected chi connectivity index (χ3v) is 4.77. The summed E-state index contributed by atoms with van der Waals surface area (Å²) in [7, 11) is 0. The minimum atomic E-state index is -0.214. The molecule has 0 aromatic carbocycles. The van der Waals surface area contributed by atoms with E-state index in [9.17, 15) is 9.59 Å². The monoisotopic (exact) mass is 361 g/mol. The van der Waals surface area contributed by atoms with E-state index in [4.69, 9.17) is 4.42 Å². The maximum absolute atomic E-state index is 12.8. The summed E-state index contributed by atoms with van der Waals surface area (Å²) in [6.45, 7) is 2.24. The zero-order valence-corrected chi connectivity index (χ0v) is 14.5. The van der Waals surface area contributed by atoms with Crippen LogP contribution >= 0.6 is 22.7 Å². The van der Waals surface area contributed by atoms with E-state index in [0.717, 1.165) is 4.88 Å². The summed E-state index contributed by atoms with van der Waals surface area (Å²) in [5.41, 5.74) is 0.312. The van der Waals surface area contributed by atoms with Crippen LogP contribution in [0.2, 0.25) is 0 Å². The number of furan rings is 1. The van der Waals surface area contributed by atoms with E-state index in [1.165, 1.54) is 18.3 Å². The first-order chi connectivity index (χ1) is 11.6. The molecule has 3 aromatic heterocycles. The van der Waals surface area contributed by atoms with Crippen LogP contribution in [0.4, 0.5) is 5.13 Å². The molecule has 124 valence electrons. The van der Waals surface area contributed by atoms with Crippen LogP contribution in [-0.4, -0.2) is 21.7 Å². The Morgan fingerprint density at radius 2 is 2.12 bits per heavy atom. The molecule has 0 aliphatic carbocycles. The van der Waals surface area contributed by atoms with Crippen molar-refractivity contribution in [3.8, 4) is 0 Å². The molecular weight excluding hydrogens is 346 g/mol. The number of rotatable bonds is 6. The highest BCUT2D eigenvalue weighted by Gasteiger charge is 2.21. The standard InChI is InChI=1S/C16H15N3O3S2/c1-11(20)17-16-18-14(10-24-16)15(21)19(8-12-4-2-6-22-12)9-13-5-3-7-23-13/h2-7,10H,8-9H2,1H3,(H,17,18,20). The van der Waals surface area contributed by atoms with E-state index in [-0.39, 0.29) is 11.8 Å². The van der Waals surface area contributed by atoms with Crippen molar-refractivity contribution in [3.05, 3.63) is 57.6 Å². The van der Waals surface area contributed by atoms with Crippen molar-refractivity contribution in [3.63, 3.8) is 0 Å². The maximum atomic E-state index is 12.8. The summed E-state index contributed by atoms with van der Waals surface area (Å²) in [5, 5.41) is 6.63. The van der Waals surface area contributed by atoms with Gasteiger partial charge >= 0.3 is 0 Å². The molecule has 0 spiro atoms. The number of aromatic nitrogens is 1. The second-order valence-electron chi connectivity index (χ2n) is 5.04. The Morgan fingerprint density at radius 3 is 2.79 bits per heavy atom. The Kier molecular flexibility index (Phi) is 5.07. The minimum Gasteiger partial charge on any atom is -0.467 e. The Morgan fingerprint density at radius 1 is 1.25 bits per heavy atom. The maximum Gasteiger partial charge on any atom is 0.274 e. The zero-order chi connectivity index (χ0) is 16.9. The van der Waals surface area contributed by atoms with Crippen molar-refractivity contribution in [1.82, 2.24) is 9.88 Å². The van der Waals surface area contributed by atoms with Crippen molar-refractivity contribution in [2.24, 2.45) is 0 Å². The number of nitrogens with zero attached hydrogens (tertiary/aromatic N) is 2. The van der Waals surface area contributed by atoms with Crippen LogP contribution in [0.1, 0.15) is 28.0 Å². The summed E-state index contributed by atoms with van der Waals surface area (Å²) in [6, 6.07) is 7.56. The lowest BCUT2D eigenvalue weighted by molar-refractivity contribution is -0.114. The van der Waals surface area contributed by atoms with E-state index >= 15 is 0 Å². The first-order valence-corrected chi connectivity index (χ1v) is 8.95. The van der Waals surface area contributed by atoms with Crippen LogP contribution in [-0.2, 0) is 17.9 Å². The fraction of sp³-hybridized carbons (Fsp3) is 0.188. The van der Waals surface area contributed by atoms with Crippen LogP contribution in [0, 0.1) is 0 Å². The summed E-state index contributed by atoms with van der Waals surface area (Å²) in [6.07, 6.45) is 1.58. The van der Waals surface area contributed by atoms with E-state index in [1.807, 2.05) is 23.6 Å². The Bertz CT molecular complexity index is 773. The third-order valence-electron chi connectivity index (χ3n) is 3.15. The number of nitrogens with one attached hydrogen (secondary N) is 1. The van der Waals surface area contributed by atoms with Gasteiger partial charge in [0.25, 0.3) is 5.91 Å². The molecule has 0 saturated heterocycles. The number of thiazole rings is 1. The van der Waals surface area contributed by atoms with Gasteiger partial charge in [0.2, 0.25) is 5.91 Å². The highest BCUT2D eigenvalue weighted by Crippen LogP contribution is 2.20. The van der Waals surface area contributed by atoms with Gasteiger partial charge in [-0.25, -0.2) is 4.98 Å². The molecule has 0 aliphatic heterocycles. The number of anilines is 1. The highest BCUT2D eigenvalue weighted by molar-refractivity contribution is 7.14. The molecule has 3 aromatic rings. The normalized spacial score (nSPS) is 10.5. The molecule has 6 nitrogen and oxygen atoms in total. The summed E-state index contributed by atoms with van der Waals surface area (Å²) in [5.74, 6) is 0.291. The van der Waals surface area contributed by atoms with Gasteiger partial charge in [-0.2, -0.15) is 0 Å². The molecule has 3 rings (SSSR count). The van der Waals surface area contributed by atoms with Crippen LogP contribution < -0.4 is 5.32 Å². The quantitative estimate of drug-likeness (QED) is 0.728. The number of thiophene rings is 1. The van der Waals surface area contributed by atoms with Crippen LogP contribution in [0.3, 0.4) is 0 Å². The van der Waals surface area contributed by atoms with Crippen molar-refractivity contribution < 1.29 is 14.0 Å². The molecule has 8 heteroatoms. The summed E-state index contributed by atoms with van der Waals surface area (Å²) in [4.78, 5) is 30.9. The van der Waals surface area contributed by atoms with Gasteiger partial charge < -0.3 is 14.6 Å². The van der Waals surface area contributed by atoms with Crippen molar-refractivity contribution in [2.45, 2.75) is 20.0 Å². The Hall–Kier alpha value is -2.45. The molecular formula is C16H15N3O3S2. The van der Waals surface area contributed by atoms with Gasteiger partial charge in [-0.15, -0.1) is 22.7 Å². The molecule has 0 saturated carbocycles. The van der Waals surface area contributed by atoms with Gasteiger partial charge in [-0.05, 0) is 23.6 Å². The average Bonchev–Trinajstić information content (AvgIpc) is 3.27. The molecule has 0 fully saturated rings. The highest BCUT2D eigenvalue weighted by atomic mass is 32.1. The molecule has 24 heavy (non-hydrogen) atoms. The largest absolute Gasteiger partial charge is 0.467 e. The first-order valence-electron chi connectivity index (χ1n) is 7.19. The second-order valence-corrected chi connectivity index (χ2v) is 6.93. The van der Waals surface area contributed by atoms with Gasteiger partial charge in [-0.3, -0.25) is 9.59 Å². The van der Waals surface area contributed by atoms with Crippen molar-refractivity contribution >= 4 is 39.6 Å². The van der Waals surface area contributed by atoms with Crippen LogP contribution in [0.15, 0.2) is 45.7 Å². The Labute approximate surface area is 146 Å². The first kappa shape index (κ1) is 16.4. The van der Waals surface area contributed by atoms with Gasteiger partial charge in [0.05, 0.1) is 19.4 Å². The van der Waals surface area contributed by atoms with Gasteiger partial charge in [0.1, 0.15) is 11.5 Å². The Balaban J connectivity index is 1.79. The number of amides is 2. The molecule has 0 radical (unpaired) electrons. The molecule has 0 aliphatic rings. The van der Waals surface area contributed by atoms with E-state index in [2.05, 4.69) is 10.3 Å². The number of carbonyl (C=O) groups excluding carboxylic acids is 2. The zero-order valence-electron chi connectivity index (χ0n) is 12.9. The molecule has 2 amide bonds. The van der Waals surface area contributed by atoms with Gasteiger partial charge in [0, 0.05) is 17.2 Å². The van der Waals surface area contributed by atoms with E-state index in [0.29, 0.717) is 29.7 Å². The fourth-order valence-electron chi connectivity index (χ4n) is 2.12. The second kappa shape index (κ2) is 7.41. The smallest absolute Gasteiger partial charge is 0.274 e. The van der Waals surface area contributed by atoms with Crippen molar-refractivity contribution in [2.75, 3.05) is 5.32 Å². The predicted octanol–water partition coefficient (Wildman–Crippen LogP) is 3.60. The van der Waals surface area contributed by atoms with Crippen molar-refractivity contribution in [1.29, 1.82) is 0 Å². The summed E-state index contributed by atoms with van der Waals surface area (Å²) >= 11 is 2.82.